The fourth-order valence-corrected chi connectivity index (χ4v) is 4.74. The number of nitrogens with zero attached hydrogens (tertiary/aromatic N) is 1. The molecular formula is C14H24N2O4S. The van der Waals surface area contributed by atoms with Crippen LogP contribution in [0.15, 0.2) is 0 Å². The molecule has 0 bridgehead atoms. The molecule has 7 heteroatoms. The number of hydrogen-bond donors (Lipinski definition) is 1. The molecule has 1 N–H and O–H groups in total. The quantitative estimate of drug-likeness (QED) is 0.716. The van der Waals surface area contributed by atoms with Gasteiger partial charge in [0.1, 0.15) is 0 Å². The number of unbranched alkanes of at least 4 members (excludes halogenated alkanes) is 2. The Kier molecular flexibility index (Phi) is 5.24. The average molecular weight is 316 g/mol. The molecule has 2 amide bonds. The lowest BCUT2D eigenvalue weighted by molar-refractivity contribution is -0.130. The van der Waals surface area contributed by atoms with Gasteiger partial charge in [-0.15, -0.1) is 0 Å². The fraction of sp³-hybridized carbons (Fsp3) is 0.857. The topological polar surface area (TPSA) is 83.6 Å². The van der Waals surface area contributed by atoms with Gasteiger partial charge < -0.3 is 10.2 Å². The summed E-state index contributed by atoms with van der Waals surface area (Å²) in [6.07, 6.45) is 3.83. The molecule has 2 fully saturated rings. The number of carbonyl (C=O) groups is 2. The minimum absolute atomic E-state index is 0.0452. The van der Waals surface area contributed by atoms with E-state index in [1.165, 1.54) is 0 Å². The first-order valence-electron chi connectivity index (χ1n) is 7.70. The van der Waals surface area contributed by atoms with Crippen LogP contribution >= 0.6 is 0 Å². The van der Waals surface area contributed by atoms with Crippen molar-refractivity contribution in [1.82, 2.24) is 10.2 Å². The molecule has 6 nitrogen and oxygen atoms in total. The smallest absolute Gasteiger partial charge is 0.225 e. The summed E-state index contributed by atoms with van der Waals surface area (Å²) in [5.74, 6) is -0.310. The van der Waals surface area contributed by atoms with Crippen LogP contribution in [0.2, 0.25) is 0 Å². The largest absolute Gasteiger partial charge is 0.356 e. The fourth-order valence-electron chi connectivity index (χ4n) is 3.01. The zero-order valence-corrected chi connectivity index (χ0v) is 13.3. The van der Waals surface area contributed by atoms with Gasteiger partial charge >= 0.3 is 0 Å². The lowest BCUT2D eigenvalue weighted by Crippen LogP contribution is -2.39. The van der Waals surface area contributed by atoms with E-state index >= 15 is 0 Å². The van der Waals surface area contributed by atoms with Gasteiger partial charge in [-0.3, -0.25) is 9.59 Å². The predicted octanol–water partition coefficient (Wildman–Crippen LogP) is 0.328. The Bertz CT molecular complexity index is 503. The Morgan fingerprint density at radius 1 is 1.38 bits per heavy atom. The first-order chi connectivity index (χ1) is 9.93. The van der Waals surface area contributed by atoms with Gasteiger partial charge in [0, 0.05) is 25.6 Å². The summed E-state index contributed by atoms with van der Waals surface area (Å²) >= 11 is 0. The molecule has 2 aliphatic heterocycles. The summed E-state index contributed by atoms with van der Waals surface area (Å²) in [7, 11) is -3.01. The lowest BCUT2D eigenvalue weighted by Gasteiger charge is -2.22. The van der Waals surface area contributed by atoms with E-state index in [1.807, 2.05) is 0 Å². The van der Waals surface area contributed by atoms with Gasteiger partial charge in [-0.2, -0.15) is 0 Å². The molecule has 0 aliphatic carbocycles. The van der Waals surface area contributed by atoms with Gasteiger partial charge in [0.05, 0.1) is 17.4 Å². The SMILES string of the molecule is CCCCCNC(=O)C1CC(=O)N(C2CCS(=O)(=O)C2)C1. The van der Waals surface area contributed by atoms with Crippen molar-refractivity contribution in [3.63, 3.8) is 0 Å². The zero-order valence-electron chi connectivity index (χ0n) is 12.5. The standard InChI is InChI=1S/C14H24N2O4S/c1-2-3-4-6-15-14(18)11-8-13(17)16(9-11)12-5-7-21(19,20)10-12/h11-12H,2-10H2,1H3,(H,15,18). The lowest BCUT2D eigenvalue weighted by atomic mass is 10.1. The van der Waals surface area contributed by atoms with Crippen molar-refractivity contribution >= 4 is 21.7 Å². The molecule has 120 valence electrons. The number of amides is 2. The Morgan fingerprint density at radius 3 is 2.76 bits per heavy atom. The number of hydrogen-bond acceptors (Lipinski definition) is 4. The van der Waals surface area contributed by atoms with E-state index in [0.29, 0.717) is 19.5 Å². The number of nitrogens with one attached hydrogen (secondary N) is 1. The average Bonchev–Trinajstić information content (AvgIpc) is 2.97. The second-order valence-corrected chi connectivity index (χ2v) is 8.23. The van der Waals surface area contributed by atoms with Gasteiger partial charge in [-0.25, -0.2) is 8.42 Å². The molecule has 2 heterocycles. The van der Waals surface area contributed by atoms with E-state index < -0.39 is 9.84 Å². The highest BCUT2D eigenvalue weighted by Gasteiger charge is 2.41. The van der Waals surface area contributed by atoms with Crippen LogP contribution < -0.4 is 5.32 Å². The summed E-state index contributed by atoms with van der Waals surface area (Å²) in [6, 6.07) is -0.236. The molecule has 2 rings (SSSR count). The molecule has 0 saturated carbocycles. The van der Waals surface area contributed by atoms with Gasteiger partial charge in [0.25, 0.3) is 0 Å². The Balaban J connectivity index is 1.83. The maximum Gasteiger partial charge on any atom is 0.225 e. The summed E-state index contributed by atoms with van der Waals surface area (Å²) in [6.45, 7) is 3.11. The van der Waals surface area contributed by atoms with Crippen LogP contribution in [0, 0.1) is 5.92 Å². The van der Waals surface area contributed by atoms with Gasteiger partial charge in [-0.1, -0.05) is 19.8 Å². The first-order valence-corrected chi connectivity index (χ1v) is 9.52. The van der Waals surface area contributed by atoms with Crippen LogP contribution in [0.3, 0.4) is 0 Å². The van der Waals surface area contributed by atoms with Crippen molar-refractivity contribution in [2.45, 2.75) is 45.1 Å². The molecule has 2 unspecified atom stereocenters. The molecule has 0 spiro atoms. The molecule has 0 radical (unpaired) electrons. The molecule has 2 aliphatic rings. The number of rotatable bonds is 6. The molecular weight excluding hydrogens is 292 g/mol. The highest BCUT2D eigenvalue weighted by atomic mass is 32.2. The number of sulfone groups is 1. The van der Waals surface area contributed by atoms with Crippen LogP contribution in [0.25, 0.3) is 0 Å². The van der Waals surface area contributed by atoms with Crippen molar-refractivity contribution in [2.75, 3.05) is 24.6 Å². The third-order valence-corrected chi connectivity index (χ3v) is 6.01. The highest BCUT2D eigenvalue weighted by Crippen LogP contribution is 2.26. The first kappa shape index (κ1) is 16.3. The third kappa shape index (κ3) is 4.18. The number of likely N-dealkylation sites (tertiary alicyclic amines) is 1. The summed E-state index contributed by atoms with van der Waals surface area (Å²) in [5, 5.41) is 2.87. The van der Waals surface area contributed by atoms with Crippen molar-refractivity contribution in [3.8, 4) is 0 Å². The minimum Gasteiger partial charge on any atom is -0.356 e. The van der Waals surface area contributed by atoms with E-state index in [2.05, 4.69) is 12.2 Å². The van der Waals surface area contributed by atoms with Crippen LogP contribution in [0.4, 0.5) is 0 Å². The van der Waals surface area contributed by atoms with Crippen LogP contribution in [0.1, 0.15) is 39.0 Å². The van der Waals surface area contributed by atoms with Crippen molar-refractivity contribution in [3.05, 3.63) is 0 Å². The third-order valence-electron chi connectivity index (χ3n) is 4.26. The molecule has 2 saturated heterocycles. The Morgan fingerprint density at radius 2 is 2.14 bits per heavy atom. The maximum atomic E-state index is 12.0. The van der Waals surface area contributed by atoms with E-state index in [-0.39, 0.29) is 41.7 Å². The minimum atomic E-state index is -3.01. The highest BCUT2D eigenvalue weighted by molar-refractivity contribution is 7.91. The van der Waals surface area contributed by atoms with E-state index in [0.717, 1.165) is 19.3 Å². The normalized spacial score (nSPS) is 28.0. The Labute approximate surface area is 126 Å². The second kappa shape index (κ2) is 6.77. The zero-order chi connectivity index (χ0) is 15.5. The van der Waals surface area contributed by atoms with Gasteiger partial charge in [-0.05, 0) is 12.8 Å². The summed E-state index contributed by atoms with van der Waals surface area (Å²) in [5.41, 5.74) is 0. The van der Waals surface area contributed by atoms with E-state index in [1.54, 1.807) is 4.90 Å². The monoisotopic (exact) mass is 316 g/mol. The van der Waals surface area contributed by atoms with Gasteiger partial charge in [0.15, 0.2) is 9.84 Å². The van der Waals surface area contributed by atoms with Crippen LogP contribution in [-0.2, 0) is 19.4 Å². The summed E-state index contributed by atoms with van der Waals surface area (Å²) in [4.78, 5) is 25.6. The number of carbonyl (C=O) groups excluding carboxylic acids is 2. The molecule has 0 aromatic heterocycles. The van der Waals surface area contributed by atoms with E-state index in [9.17, 15) is 18.0 Å². The van der Waals surface area contributed by atoms with Crippen LogP contribution in [0.5, 0.6) is 0 Å². The molecule has 2 atom stereocenters. The van der Waals surface area contributed by atoms with Crippen molar-refractivity contribution < 1.29 is 18.0 Å². The van der Waals surface area contributed by atoms with Crippen molar-refractivity contribution in [2.24, 2.45) is 5.92 Å². The van der Waals surface area contributed by atoms with Crippen LogP contribution in [-0.4, -0.2) is 55.8 Å². The maximum absolute atomic E-state index is 12.0. The van der Waals surface area contributed by atoms with E-state index in [4.69, 9.17) is 0 Å². The Hall–Kier alpha value is -1.11. The molecule has 21 heavy (non-hydrogen) atoms. The van der Waals surface area contributed by atoms with Gasteiger partial charge in [0.2, 0.25) is 11.8 Å². The molecule has 0 aromatic rings. The molecule has 0 aromatic carbocycles. The summed E-state index contributed by atoms with van der Waals surface area (Å²) < 4.78 is 23.0. The second-order valence-electron chi connectivity index (χ2n) is 6.00. The predicted molar refractivity (Wildman–Crippen MR) is 79.4 cm³/mol. The van der Waals surface area contributed by atoms with Crippen molar-refractivity contribution in [1.29, 1.82) is 0 Å².